The number of nitrogens with one attached hydrogen (secondary N) is 2. The quantitative estimate of drug-likeness (QED) is 0.354. The predicted molar refractivity (Wildman–Crippen MR) is 74.8 cm³/mol. The summed E-state index contributed by atoms with van der Waals surface area (Å²) >= 11 is 0. The van der Waals surface area contributed by atoms with Crippen molar-refractivity contribution >= 4 is 11.6 Å². The summed E-state index contributed by atoms with van der Waals surface area (Å²) in [6, 6.07) is 0. The van der Waals surface area contributed by atoms with Crippen LogP contribution in [0.3, 0.4) is 0 Å². The van der Waals surface area contributed by atoms with E-state index in [0.29, 0.717) is 30.3 Å². The molecule has 0 radical (unpaired) electrons. The maximum absolute atomic E-state index is 9.48. The standard InChI is InChI=1S/C12H23N5O2/c1-4-9-14-10(8(3)11(15-9)17-13)16-12(5-2,6-18)7-19/h18-19H,4-7,13H2,1-3H3,(H2,14,15,16,17). The highest BCUT2D eigenvalue weighted by molar-refractivity contribution is 5.57. The van der Waals surface area contributed by atoms with Crippen molar-refractivity contribution < 1.29 is 10.2 Å². The first-order valence-corrected chi connectivity index (χ1v) is 6.39. The topological polar surface area (TPSA) is 116 Å². The van der Waals surface area contributed by atoms with Gasteiger partial charge in [0.05, 0.1) is 18.8 Å². The molecule has 0 aliphatic carbocycles. The second-order valence-electron chi connectivity index (χ2n) is 4.54. The van der Waals surface area contributed by atoms with Crippen LogP contribution in [0.4, 0.5) is 11.6 Å². The summed E-state index contributed by atoms with van der Waals surface area (Å²) in [6.45, 7) is 5.29. The molecule has 0 aromatic carbocycles. The summed E-state index contributed by atoms with van der Waals surface area (Å²) in [5.41, 5.74) is 2.49. The number of aliphatic hydroxyl groups is 2. The fourth-order valence-corrected chi connectivity index (χ4v) is 1.68. The molecule has 0 bridgehead atoms. The van der Waals surface area contributed by atoms with Gasteiger partial charge in [0.2, 0.25) is 0 Å². The molecule has 0 saturated heterocycles. The van der Waals surface area contributed by atoms with E-state index >= 15 is 0 Å². The maximum atomic E-state index is 9.48. The van der Waals surface area contributed by atoms with Gasteiger partial charge >= 0.3 is 0 Å². The number of nitrogens with zero attached hydrogens (tertiary/aromatic N) is 2. The van der Waals surface area contributed by atoms with E-state index in [4.69, 9.17) is 5.84 Å². The van der Waals surface area contributed by atoms with Crippen molar-refractivity contribution in [1.82, 2.24) is 9.97 Å². The van der Waals surface area contributed by atoms with Crippen molar-refractivity contribution in [3.05, 3.63) is 11.4 Å². The van der Waals surface area contributed by atoms with Gasteiger partial charge < -0.3 is 21.0 Å². The zero-order chi connectivity index (χ0) is 14.5. The minimum Gasteiger partial charge on any atom is -0.394 e. The van der Waals surface area contributed by atoms with Gasteiger partial charge in [-0.05, 0) is 13.3 Å². The highest BCUT2D eigenvalue weighted by Gasteiger charge is 2.28. The highest BCUT2D eigenvalue weighted by atomic mass is 16.3. The van der Waals surface area contributed by atoms with Crippen LogP contribution in [-0.2, 0) is 6.42 Å². The average Bonchev–Trinajstić information content (AvgIpc) is 2.46. The Bertz CT molecular complexity index is 413. The van der Waals surface area contributed by atoms with Crippen LogP contribution in [0.1, 0.15) is 31.7 Å². The monoisotopic (exact) mass is 269 g/mol. The van der Waals surface area contributed by atoms with Gasteiger partial charge in [-0.15, -0.1) is 0 Å². The zero-order valence-electron chi connectivity index (χ0n) is 11.7. The lowest BCUT2D eigenvalue weighted by Gasteiger charge is -2.31. The summed E-state index contributed by atoms with van der Waals surface area (Å²) in [5, 5.41) is 22.1. The van der Waals surface area contributed by atoms with Crippen LogP contribution in [0, 0.1) is 6.92 Å². The van der Waals surface area contributed by atoms with Crippen molar-refractivity contribution in [2.75, 3.05) is 24.0 Å². The normalized spacial score (nSPS) is 11.5. The average molecular weight is 269 g/mol. The number of anilines is 2. The molecule has 1 heterocycles. The Morgan fingerprint density at radius 2 is 1.74 bits per heavy atom. The summed E-state index contributed by atoms with van der Waals surface area (Å²) in [5.74, 6) is 7.19. The Hall–Kier alpha value is -1.44. The molecular weight excluding hydrogens is 246 g/mol. The molecule has 1 rings (SSSR count). The van der Waals surface area contributed by atoms with Crippen molar-refractivity contribution in [3.8, 4) is 0 Å². The first kappa shape index (κ1) is 15.6. The molecule has 0 saturated carbocycles. The number of nitrogen functional groups attached to an aromatic ring is 1. The van der Waals surface area contributed by atoms with E-state index < -0.39 is 5.54 Å². The third kappa shape index (κ3) is 3.31. The third-order valence-corrected chi connectivity index (χ3v) is 3.31. The second kappa shape index (κ2) is 6.65. The lowest BCUT2D eigenvalue weighted by atomic mass is 9.98. The van der Waals surface area contributed by atoms with Crippen LogP contribution >= 0.6 is 0 Å². The molecule has 0 spiro atoms. The molecule has 0 amide bonds. The molecule has 0 fully saturated rings. The first-order valence-electron chi connectivity index (χ1n) is 6.39. The lowest BCUT2D eigenvalue weighted by Crippen LogP contribution is -2.45. The van der Waals surface area contributed by atoms with Gasteiger partial charge in [0, 0.05) is 12.0 Å². The van der Waals surface area contributed by atoms with Gasteiger partial charge in [-0.3, -0.25) is 0 Å². The number of hydrogen-bond acceptors (Lipinski definition) is 7. The second-order valence-corrected chi connectivity index (χ2v) is 4.54. The van der Waals surface area contributed by atoms with Gasteiger partial charge in [-0.2, -0.15) is 0 Å². The third-order valence-electron chi connectivity index (χ3n) is 3.31. The maximum Gasteiger partial charge on any atom is 0.148 e. The Morgan fingerprint density at radius 1 is 1.16 bits per heavy atom. The van der Waals surface area contributed by atoms with Gasteiger partial charge in [-0.25, -0.2) is 15.8 Å². The van der Waals surface area contributed by atoms with Crippen LogP contribution < -0.4 is 16.6 Å². The highest BCUT2D eigenvalue weighted by Crippen LogP contribution is 2.24. The van der Waals surface area contributed by atoms with Crippen molar-refractivity contribution in [1.29, 1.82) is 0 Å². The molecule has 1 aromatic rings. The van der Waals surface area contributed by atoms with Crippen LogP contribution in [0.5, 0.6) is 0 Å². The lowest BCUT2D eigenvalue weighted by molar-refractivity contribution is 0.132. The largest absolute Gasteiger partial charge is 0.394 e. The number of nitrogens with two attached hydrogens (primary N) is 1. The van der Waals surface area contributed by atoms with Crippen molar-refractivity contribution in [2.45, 2.75) is 39.2 Å². The minimum atomic E-state index is -0.796. The fraction of sp³-hybridized carbons (Fsp3) is 0.667. The summed E-state index contributed by atoms with van der Waals surface area (Å²) < 4.78 is 0. The Labute approximate surface area is 113 Å². The summed E-state index contributed by atoms with van der Waals surface area (Å²) in [4.78, 5) is 8.65. The smallest absolute Gasteiger partial charge is 0.148 e. The predicted octanol–water partition coefficient (Wildman–Crippen LogP) is 0.178. The van der Waals surface area contributed by atoms with Gasteiger partial charge in [-0.1, -0.05) is 13.8 Å². The van der Waals surface area contributed by atoms with E-state index in [-0.39, 0.29) is 13.2 Å². The number of rotatable bonds is 7. The molecule has 0 aliphatic heterocycles. The fourth-order valence-electron chi connectivity index (χ4n) is 1.68. The molecule has 7 nitrogen and oxygen atoms in total. The molecule has 0 atom stereocenters. The summed E-state index contributed by atoms with van der Waals surface area (Å²) in [6.07, 6.45) is 1.23. The molecule has 0 unspecified atom stereocenters. The van der Waals surface area contributed by atoms with Crippen molar-refractivity contribution in [2.24, 2.45) is 5.84 Å². The van der Waals surface area contributed by atoms with E-state index in [1.807, 2.05) is 20.8 Å². The number of aryl methyl sites for hydroxylation is 1. The summed E-state index contributed by atoms with van der Waals surface area (Å²) in [7, 11) is 0. The van der Waals surface area contributed by atoms with Crippen LogP contribution in [0.25, 0.3) is 0 Å². The molecule has 0 aliphatic rings. The number of aromatic nitrogens is 2. The number of aliphatic hydroxyl groups excluding tert-OH is 2. The SMILES string of the molecule is CCc1nc(NN)c(C)c(NC(CC)(CO)CO)n1. The molecule has 1 aromatic heterocycles. The van der Waals surface area contributed by atoms with Crippen LogP contribution in [0.2, 0.25) is 0 Å². The van der Waals surface area contributed by atoms with E-state index in [2.05, 4.69) is 20.7 Å². The molecule has 19 heavy (non-hydrogen) atoms. The Morgan fingerprint density at radius 3 is 2.16 bits per heavy atom. The Balaban J connectivity index is 3.18. The number of hydrogen-bond donors (Lipinski definition) is 5. The first-order chi connectivity index (χ1) is 9.05. The Kier molecular flexibility index (Phi) is 5.46. The number of hydrazine groups is 1. The molecule has 6 N–H and O–H groups in total. The minimum absolute atomic E-state index is 0.184. The molecular formula is C12H23N5O2. The zero-order valence-corrected chi connectivity index (χ0v) is 11.7. The van der Waals surface area contributed by atoms with Crippen LogP contribution in [0.15, 0.2) is 0 Å². The van der Waals surface area contributed by atoms with Crippen molar-refractivity contribution in [3.63, 3.8) is 0 Å². The van der Waals surface area contributed by atoms with Gasteiger partial charge in [0.25, 0.3) is 0 Å². The molecule has 108 valence electrons. The van der Waals surface area contributed by atoms with Gasteiger partial charge in [0.15, 0.2) is 0 Å². The van der Waals surface area contributed by atoms with E-state index in [0.717, 1.165) is 5.56 Å². The van der Waals surface area contributed by atoms with E-state index in [9.17, 15) is 10.2 Å². The van der Waals surface area contributed by atoms with E-state index in [1.165, 1.54) is 0 Å². The molecule has 7 heteroatoms. The van der Waals surface area contributed by atoms with Crippen LogP contribution in [-0.4, -0.2) is 38.9 Å². The van der Waals surface area contributed by atoms with Gasteiger partial charge in [0.1, 0.15) is 17.5 Å². The van der Waals surface area contributed by atoms with E-state index in [1.54, 1.807) is 0 Å².